The highest BCUT2D eigenvalue weighted by atomic mass is 35.5. The van der Waals surface area contributed by atoms with Crippen molar-refractivity contribution in [3.05, 3.63) is 80.1 Å². The molecule has 2 aromatic rings. The van der Waals surface area contributed by atoms with Crippen molar-refractivity contribution in [2.45, 2.75) is 75.7 Å². The first kappa shape index (κ1) is 26.2. The number of esters is 2. The van der Waals surface area contributed by atoms with Crippen molar-refractivity contribution in [1.82, 2.24) is 0 Å². The summed E-state index contributed by atoms with van der Waals surface area (Å²) < 4.78 is 11.5. The van der Waals surface area contributed by atoms with E-state index in [1.165, 1.54) is 24.3 Å². The lowest BCUT2D eigenvalue weighted by atomic mass is 9.91. The molecule has 0 aliphatic heterocycles. The minimum Gasteiger partial charge on any atom is -0.563 e. The normalized spacial score (nSPS) is 19.6. The van der Waals surface area contributed by atoms with E-state index in [2.05, 4.69) is 0 Å². The number of hydroxylamine groups is 2. The Bertz CT molecular complexity index is 1030. The average molecular weight is 535 g/mol. The molecule has 0 heterocycles. The van der Waals surface area contributed by atoms with Crippen LogP contribution in [0.5, 0.6) is 0 Å². The highest BCUT2D eigenvalue weighted by Crippen LogP contribution is 2.38. The number of azo groups is 1. The molecule has 10 heteroatoms. The molecule has 0 amide bonds. The third kappa shape index (κ3) is 5.60. The van der Waals surface area contributed by atoms with E-state index in [4.69, 9.17) is 32.7 Å². The van der Waals surface area contributed by atoms with Crippen LogP contribution in [0.25, 0.3) is 0 Å². The van der Waals surface area contributed by atoms with Crippen molar-refractivity contribution >= 4 is 35.1 Å². The number of benzene rings is 2. The first-order valence-electron chi connectivity index (χ1n) is 12.2. The molecule has 2 aliphatic rings. The molecule has 0 unspecified atom stereocenters. The van der Waals surface area contributed by atoms with Gasteiger partial charge in [-0.1, -0.05) is 36.0 Å². The van der Waals surface area contributed by atoms with Crippen LogP contribution in [0.4, 0.5) is 0 Å². The summed E-state index contributed by atoms with van der Waals surface area (Å²) in [4.78, 5) is 26.3. The van der Waals surface area contributed by atoms with Gasteiger partial charge in [0, 0.05) is 10.0 Å². The largest absolute Gasteiger partial charge is 0.563 e. The highest BCUT2D eigenvalue weighted by molar-refractivity contribution is 6.31. The van der Waals surface area contributed by atoms with Gasteiger partial charge < -0.3 is 19.9 Å². The maximum Gasteiger partial charge on any atom is 0.380 e. The molecule has 4 rings (SSSR count). The zero-order chi connectivity index (χ0) is 25.8. The van der Waals surface area contributed by atoms with Crippen LogP contribution in [0.1, 0.15) is 84.9 Å². The molecule has 2 aromatic carbocycles. The zero-order valence-electron chi connectivity index (χ0n) is 19.8. The Kier molecular flexibility index (Phi) is 8.05. The van der Waals surface area contributed by atoms with E-state index in [1.807, 2.05) is 0 Å². The van der Waals surface area contributed by atoms with Crippen molar-refractivity contribution in [3.63, 3.8) is 0 Å². The van der Waals surface area contributed by atoms with Gasteiger partial charge in [-0.2, -0.15) is 0 Å². The second kappa shape index (κ2) is 11.0. The van der Waals surface area contributed by atoms with Crippen molar-refractivity contribution in [2.24, 2.45) is 0 Å². The first-order valence-corrected chi connectivity index (χ1v) is 12.9. The topological polar surface area (TPSA) is 105 Å². The van der Waals surface area contributed by atoms with Crippen LogP contribution in [0.3, 0.4) is 0 Å². The van der Waals surface area contributed by atoms with Gasteiger partial charge in [0.15, 0.2) is 0 Å². The monoisotopic (exact) mass is 534 g/mol. The zero-order valence-corrected chi connectivity index (χ0v) is 21.3. The van der Waals surface area contributed by atoms with Gasteiger partial charge in [-0.15, -0.1) is 0 Å². The van der Waals surface area contributed by atoms with Crippen LogP contribution in [-0.2, 0) is 9.47 Å². The predicted octanol–water partition coefficient (Wildman–Crippen LogP) is 6.80. The molecule has 8 nitrogen and oxygen atoms in total. The highest BCUT2D eigenvalue weighted by Gasteiger charge is 2.56. The Morgan fingerprint density at radius 3 is 1.22 bits per heavy atom. The van der Waals surface area contributed by atoms with Crippen molar-refractivity contribution < 1.29 is 28.8 Å². The molecule has 0 spiro atoms. The van der Waals surface area contributed by atoms with Gasteiger partial charge in [-0.25, -0.2) is 9.59 Å². The molecule has 0 saturated heterocycles. The molecule has 0 radical (unpaired) electrons. The minimum atomic E-state index is -1.70. The van der Waals surface area contributed by atoms with Crippen LogP contribution in [-0.4, -0.2) is 33.1 Å². The lowest BCUT2D eigenvalue weighted by Crippen LogP contribution is -2.55. The summed E-state index contributed by atoms with van der Waals surface area (Å²) in [6, 6.07) is 12.2. The van der Waals surface area contributed by atoms with Crippen molar-refractivity contribution in [3.8, 4) is 0 Å². The lowest BCUT2D eigenvalue weighted by Gasteiger charge is -2.35. The van der Waals surface area contributed by atoms with Gasteiger partial charge in [0.1, 0.15) is 0 Å². The molecule has 192 valence electrons. The lowest BCUT2D eigenvalue weighted by molar-refractivity contribution is -1.05. The van der Waals surface area contributed by atoms with Gasteiger partial charge in [0.2, 0.25) is 0 Å². The molecule has 0 bridgehead atoms. The molecule has 36 heavy (non-hydrogen) atoms. The Labute approximate surface area is 219 Å². The second-order valence-corrected chi connectivity index (χ2v) is 10.2. The quantitative estimate of drug-likeness (QED) is 0.132. The van der Waals surface area contributed by atoms with Crippen LogP contribution < -0.4 is 0 Å². The molecule has 0 N–H and O–H groups in total. The molecule has 0 aromatic heterocycles. The summed E-state index contributed by atoms with van der Waals surface area (Å²) in [5.74, 6) is -1.45. The van der Waals surface area contributed by atoms with E-state index < -0.39 is 23.4 Å². The Morgan fingerprint density at radius 2 is 0.917 bits per heavy atom. The van der Waals surface area contributed by atoms with Gasteiger partial charge >= 0.3 is 23.4 Å². The summed E-state index contributed by atoms with van der Waals surface area (Å²) in [6.07, 6.45) is 4.90. The average Bonchev–Trinajstić information content (AvgIpc) is 2.89. The van der Waals surface area contributed by atoms with Crippen molar-refractivity contribution in [2.75, 3.05) is 0 Å². The summed E-state index contributed by atoms with van der Waals surface area (Å²) in [6.45, 7) is 0. The van der Waals surface area contributed by atoms with Crippen LogP contribution in [0.2, 0.25) is 10.0 Å². The molecule has 2 fully saturated rings. The molecular formula is C26H28Cl2N2O6. The minimum absolute atomic E-state index is 0.190. The summed E-state index contributed by atoms with van der Waals surface area (Å²) in [5, 5.41) is 28.4. The number of ether oxygens (including phenoxy) is 2. The van der Waals surface area contributed by atoms with Crippen LogP contribution in [0, 0.1) is 10.4 Å². The number of halogens is 2. The molecule has 2 saturated carbocycles. The Balaban J connectivity index is 1.68. The SMILES string of the molecule is O=C(OC1(/[N+]([O-])=[N+](\[O-])C2(OC(=O)c3ccc(Cl)cc3)CCCCC2)CCCCC1)c1ccc(Cl)cc1. The summed E-state index contributed by atoms with van der Waals surface area (Å²) in [7, 11) is 0. The number of rotatable bonds is 6. The maximum atomic E-state index is 13.7. The molecule has 0 atom stereocenters. The van der Waals surface area contributed by atoms with E-state index in [1.54, 1.807) is 24.3 Å². The fourth-order valence-corrected chi connectivity index (χ4v) is 5.09. The van der Waals surface area contributed by atoms with E-state index >= 15 is 0 Å². The maximum absolute atomic E-state index is 13.7. The van der Waals surface area contributed by atoms with Crippen LogP contribution >= 0.6 is 23.2 Å². The Morgan fingerprint density at radius 1 is 0.611 bits per heavy atom. The van der Waals surface area contributed by atoms with E-state index in [0.717, 1.165) is 12.8 Å². The third-order valence-corrected chi connectivity index (χ3v) is 7.36. The standard InChI is InChI=1S/C26H28Cl2N2O6/c27-21-11-7-19(8-12-21)23(31)35-25(15-3-1-4-16-25)29(33)30(34)26(17-5-2-6-18-26)36-24(32)20-9-13-22(28)14-10-20/h7-14H,1-6,15-18H2/b30-29+. The smallest absolute Gasteiger partial charge is 0.380 e. The predicted molar refractivity (Wildman–Crippen MR) is 133 cm³/mol. The van der Waals surface area contributed by atoms with E-state index in [9.17, 15) is 20.0 Å². The first-order chi connectivity index (χ1) is 17.2. The number of carbonyl (C=O) groups excluding carboxylic acids is 2. The van der Waals surface area contributed by atoms with E-state index in [0.29, 0.717) is 35.7 Å². The number of carbonyl (C=O) groups is 2. The summed E-state index contributed by atoms with van der Waals surface area (Å²) >= 11 is 11.8. The fraction of sp³-hybridized carbons (Fsp3) is 0.462. The summed E-state index contributed by atoms with van der Waals surface area (Å²) in [5.41, 5.74) is -2.96. The van der Waals surface area contributed by atoms with Gasteiger partial charge in [-0.3, -0.25) is 0 Å². The Hall–Kier alpha value is -2.84. The van der Waals surface area contributed by atoms with Gasteiger partial charge in [0.25, 0.3) is 0 Å². The molecular weight excluding hydrogens is 507 g/mol. The third-order valence-electron chi connectivity index (χ3n) is 6.86. The van der Waals surface area contributed by atoms with Crippen molar-refractivity contribution in [1.29, 1.82) is 0 Å². The molecule has 2 aliphatic carbocycles. The fourth-order valence-electron chi connectivity index (χ4n) is 4.84. The second-order valence-electron chi connectivity index (χ2n) is 9.35. The number of hydrogen-bond donors (Lipinski definition) is 0. The van der Waals surface area contributed by atoms with E-state index in [-0.39, 0.29) is 46.5 Å². The van der Waals surface area contributed by atoms with Crippen LogP contribution in [0.15, 0.2) is 48.5 Å². The van der Waals surface area contributed by atoms with Gasteiger partial charge in [-0.05, 0) is 74.2 Å². The van der Waals surface area contributed by atoms with Gasteiger partial charge in [0.05, 0.1) is 46.5 Å². The number of hydrogen-bond acceptors (Lipinski definition) is 6. The number of nitrogens with zero attached hydrogens (tertiary/aromatic N) is 2.